The summed E-state index contributed by atoms with van der Waals surface area (Å²) < 4.78 is 82.4. The lowest BCUT2D eigenvalue weighted by Gasteiger charge is -2.21. The first-order valence-electron chi connectivity index (χ1n) is 13.3. The number of thioether (sulfide) groups is 1. The highest BCUT2D eigenvalue weighted by molar-refractivity contribution is 8.15. The van der Waals surface area contributed by atoms with Crippen LogP contribution in [0.3, 0.4) is 0 Å². The van der Waals surface area contributed by atoms with Gasteiger partial charge < -0.3 is 10.1 Å². The van der Waals surface area contributed by atoms with Gasteiger partial charge >= 0.3 is 18.4 Å². The Morgan fingerprint density at radius 2 is 1.83 bits per heavy atom. The number of hydrogen-bond donors (Lipinski definition) is 1. The number of pyridine rings is 1. The lowest BCUT2D eigenvalue weighted by atomic mass is 10.1. The number of nitrogens with zero attached hydrogens (tertiary/aromatic N) is 6. The Labute approximate surface area is 261 Å². The summed E-state index contributed by atoms with van der Waals surface area (Å²) in [4.78, 5) is 39.0. The number of aryl methyl sites for hydroxylation is 2. The second-order valence-corrected chi connectivity index (χ2v) is 11.0. The van der Waals surface area contributed by atoms with Crippen LogP contribution < -0.4 is 10.2 Å². The monoisotopic (exact) mass is 663 g/mol. The molecule has 0 bridgehead atoms. The quantitative estimate of drug-likeness (QED) is 0.219. The average molecular weight is 664 g/mol. The maximum absolute atomic E-state index is 12.9. The van der Waals surface area contributed by atoms with Crippen LogP contribution >= 0.6 is 11.8 Å². The predicted octanol–water partition coefficient (Wildman–Crippen LogP) is 6.71. The molecule has 0 unspecified atom stereocenters. The van der Waals surface area contributed by atoms with Crippen LogP contribution in [0.4, 0.5) is 42.5 Å². The summed E-state index contributed by atoms with van der Waals surface area (Å²) >= 11 is 1.01. The summed E-state index contributed by atoms with van der Waals surface area (Å²) in [5, 5.41) is 6.98. The van der Waals surface area contributed by atoms with Crippen LogP contribution in [0.2, 0.25) is 0 Å². The van der Waals surface area contributed by atoms with E-state index in [-0.39, 0.29) is 28.3 Å². The van der Waals surface area contributed by atoms with Gasteiger partial charge in [-0.05, 0) is 61.4 Å². The maximum Gasteiger partial charge on any atom is 0.417 e. The van der Waals surface area contributed by atoms with E-state index in [9.17, 15) is 35.9 Å². The fourth-order valence-electron chi connectivity index (χ4n) is 4.33. The number of rotatable bonds is 7. The molecule has 1 saturated heterocycles. The molecule has 0 spiro atoms. The second-order valence-electron chi connectivity index (χ2n) is 10.0. The Morgan fingerprint density at radius 3 is 2.50 bits per heavy atom. The van der Waals surface area contributed by atoms with E-state index < -0.39 is 43.1 Å². The second kappa shape index (κ2) is 12.9. The molecule has 2 aromatic carbocycles. The van der Waals surface area contributed by atoms with Crippen molar-refractivity contribution in [3.8, 4) is 17.2 Å². The van der Waals surface area contributed by atoms with Crippen molar-refractivity contribution in [2.75, 3.05) is 22.6 Å². The minimum Gasteiger partial charge on any atom is -0.367 e. The third-order valence-corrected chi connectivity index (χ3v) is 7.42. The molecule has 3 heterocycles. The first-order valence-corrected chi connectivity index (χ1v) is 14.3. The molecule has 4 aromatic rings. The molecule has 0 saturated carbocycles. The molecule has 1 aliphatic heterocycles. The molecule has 3 amide bonds. The molecule has 0 radical (unpaired) electrons. The summed E-state index contributed by atoms with van der Waals surface area (Å²) in [7, 11) is 0. The van der Waals surface area contributed by atoms with Crippen LogP contribution in [0.25, 0.3) is 17.2 Å². The smallest absolute Gasteiger partial charge is 0.367 e. The summed E-state index contributed by atoms with van der Waals surface area (Å²) in [5.74, 6) is -0.0423. The van der Waals surface area contributed by atoms with Gasteiger partial charge in [0.2, 0.25) is 5.91 Å². The number of benzene rings is 2. The Kier molecular flexibility index (Phi) is 9.16. The van der Waals surface area contributed by atoms with E-state index in [0.717, 1.165) is 23.4 Å². The number of amides is 3. The molecule has 1 aliphatic rings. The first-order chi connectivity index (χ1) is 21.7. The number of carbonyl (C=O) groups excluding carboxylic acids is 2. The summed E-state index contributed by atoms with van der Waals surface area (Å²) in [5.41, 5.74) is 1.96. The molecular weight excluding hydrogens is 640 g/mol. The van der Waals surface area contributed by atoms with Crippen molar-refractivity contribution in [3.63, 3.8) is 0 Å². The Hall–Kier alpha value is -4.77. The van der Waals surface area contributed by atoms with Gasteiger partial charge in [-0.25, -0.2) is 19.4 Å². The first kappa shape index (κ1) is 32.6. The van der Waals surface area contributed by atoms with Gasteiger partial charge in [0.15, 0.2) is 16.8 Å². The largest absolute Gasteiger partial charge is 0.417 e. The topological polar surface area (TPSA) is 115 Å². The summed E-state index contributed by atoms with van der Waals surface area (Å²) in [6, 6.07) is 11.0. The van der Waals surface area contributed by atoms with Crippen LogP contribution in [-0.2, 0) is 22.3 Å². The van der Waals surface area contributed by atoms with Crippen LogP contribution in [0, 0.1) is 13.8 Å². The molecule has 2 aromatic heterocycles. The SMILES string of the molecule is Cc1ccc(COCC(F)(F)F)c(N2C(=O)CS/C2=N\C(=O)Nc2ccc(-c3ncn(-c4ccc(C(F)(F)F)cn4)n3)cc2C)c1. The number of amidine groups is 1. The van der Waals surface area contributed by atoms with Crippen molar-refractivity contribution < 1.29 is 40.7 Å². The molecule has 0 aliphatic carbocycles. The zero-order chi connectivity index (χ0) is 33.2. The van der Waals surface area contributed by atoms with Gasteiger partial charge in [0, 0.05) is 23.0 Å². The maximum atomic E-state index is 12.9. The van der Waals surface area contributed by atoms with Crippen LogP contribution in [0.15, 0.2) is 66.0 Å². The van der Waals surface area contributed by atoms with Crippen molar-refractivity contribution in [3.05, 3.63) is 83.3 Å². The van der Waals surface area contributed by atoms with Crippen molar-refractivity contribution >= 4 is 40.2 Å². The van der Waals surface area contributed by atoms with Gasteiger partial charge in [-0.2, -0.15) is 31.3 Å². The van der Waals surface area contributed by atoms with Crippen molar-refractivity contribution in [2.24, 2.45) is 4.99 Å². The molecule has 17 heteroatoms. The number of anilines is 2. The number of nitrogens with one attached hydrogen (secondary N) is 1. The molecule has 1 N–H and O–H groups in total. The van der Waals surface area contributed by atoms with E-state index in [4.69, 9.17) is 4.74 Å². The van der Waals surface area contributed by atoms with Gasteiger partial charge in [-0.3, -0.25) is 9.69 Å². The number of alkyl halides is 6. The van der Waals surface area contributed by atoms with Gasteiger partial charge in [0.1, 0.15) is 12.9 Å². The lowest BCUT2D eigenvalue weighted by Crippen LogP contribution is -2.31. The highest BCUT2D eigenvalue weighted by Gasteiger charge is 2.33. The Morgan fingerprint density at radius 1 is 1.04 bits per heavy atom. The summed E-state index contributed by atoms with van der Waals surface area (Å²) in [6.07, 6.45) is -7.03. The van der Waals surface area contributed by atoms with E-state index in [1.807, 2.05) is 0 Å². The number of urea groups is 1. The highest BCUT2D eigenvalue weighted by Crippen LogP contribution is 2.32. The molecule has 46 heavy (non-hydrogen) atoms. The number of aromatic nitrogens is 4. The number of ether oxygens (including phenoxy) is 1. The fourth-order valence-corrected chi connectivity index (χ4v) is 5.19. The zero-order valence-electron chi connectivity index (χ0n) is 24.0. The molecular formula is C29H23F6N7O3S. The number of hydrogen-bond acceptors (Lipinski definition) is 7. The van der Waals surface area contributed by atoms with Gasteiger partial charge in [0.25, 0.3) is 0 Å². The van der Waals surface area contributed by atoms with Crippen LogP contribution in [0.1, 0.15) is 22.3 Å². The lowest BCUT2D eigenvalue weighted by molar-refractivity contribution is -0.176. The summed E-state index contributed by atoms with van der Waals surface area (Å²) in [6.45, 7) is 1.58. The average Bonchev–Trinajstić information content (AvgIpc) is 3.61. The van der Waals surface area contributed by atoms with E-state index in [1.54, 1.807) is 50.2 Å². The van der Waals surface area contributed by atoms with Gasteiger partial charge in [-0.15, -0.1) is 5.10 Å². The van der Waals surface area contributed by atoms with E-state index in [0.29, 0.717) is 28.6 Å². The van der Waals surface area contributed by atoms with Crippen molar-refractivity contribution in [2.45, 2.75) is 32.8 Å². The Balaban J connectivity index is 1.30. The zero-order valence-corrected chi connectivity index (χ0v) is 24.8. The van der Waals surface area contributed by atoms with Gasteiger partial charge in [-0.1, -0.05) is 23.9 Å². The van der Waals surface area contributed by atoms with Crippen molar-refractivity contribution in [1.29, 1.82) is 0 Å². The number of carbonyl (C=O) groups is 2. The third kappa shape index (κ3) is 7.71. The van der Waals surface area contributed by atoms with Crippen LogP contribution in [-0.4, -0.2) is 55.4 Å². The molecule has 5 rings (SSSR count). The van der Waals surface area contributed by atoms with Crippen LogP contribution in [0.5, 0.6) is 0 Å². The van der Waals surface area contributed by atoms with Gasteiger partial charge in [0.05, 0.1) is 23.6 Å². The number of aliphatic imine (C=N–C) groups is 1. The minimum absolute atomic E-state index is 0.0295. The fraction of sp³-hybridized carbons (Fsp3) is 0.241. The molecule has 10 nitrogen and oxygen atoms in total. The third-order valence-electron chi connectivity index (χ3n) is 6.50. The minimum atomic E-state index is -4.52. The normalized spacial score (nSPS) is 14.7. The van der Waals surface area contributed by atoms with E-state index in [2.05, 4.69) is 25.4 Å². The molecule has 0 atom stereocenters. The van der Waals surface area contributed by atoms with Crippen molar-refractivity contribution in [1.82, 2.24) is 19.7 Å². The predicted molar refractivity (Wildman–Crippen MR) is 158 cm³/mol. The number of halogens is 6. The Bertz CT molecular complexity index is 1810. The molecule has 240 valence electrons. The van der Waals surface area contributed by atoms with E-state index >= 15 is 0 Å². The standard InChI is InChI=1S/C29H23F6N7O3S/c1-16-3-4-19(12-45-14-28(30,31)32)22(9-16)42-24(43)13-46-27(42)39-26(44)38-21-7-5-18(10-17(21)2)25-37-15-41(40-25)23-8-6-20(11-36-23)29(33,34)35/h3-11,15H,12-14H2,1-2H3,(H,38,44)/b39-27-. The van der Waals surface area contributed by atoms with E-state index in [1.165, 1.54) is 22.0 Å². The molecule has 1 fully saturated rings. The highest BCUT2D eigenvalue weighted by atomic mass is 32.2.